The average molecular weight is 623 g/mol. The zero-order valence-electron chi connectivity index (χ0n) is 27.7. The van der Waals surface area contributed by atoms with Crippen molar-refractivity contribution in [3.8, 4) is 44.5 Å². The van der Waals surface area contributed by atoms with Crippen molar-refractivity contribution in [2.24, 2.45) is 0 Å². The Hall–Kier alpha value is -5.98. The van der Waals surface area contributed by atoms with E-state index in [1.54, 1.807) is 0 Å². The van der Waals surface area contributed by atoms with Crippen molar-refractivity contribution in [3.05, 3.63) is 181 Å². The maximum Gasteiger partial charge on any atom is 0.0159 e. The van der Waals surface area contributed by atoms with Crippen molar-refractivity contribution in [2.75, 3.05) is 0 Å². The fourth-order valence-electron chi connectivity index (χ4n) is 8.65. The van der Waals surface area contributed by atoms with Gasteiger partial charge in [-0.2, -0.15) is 0 Å². The molecule has 0 aliphatic heterocycles. The molecule has 0 radical (unpaired) electrons. The van der Waals surface area contributed by atoms with Crippen LogP contribution in [0.5, 0.6) is 0 Å². The van der Waals surface area contributed by atoms with E-state index in [9.17, 15) is 0 Å². The second-order valence-corrected chi connectivity index (χ2v) is 14.1. The number of hydrogen-bond acceptors (Lipinski definition) is 0. The lowest BCUT2D eigenvalue weighted by atomic mass is 9.82. The van der Waals surface area contributed by atoms with Crippen LogP contribution in [0, 0.1) is 0 Å². The number of fused-ring (bicyclic) bond motifs is 7. The molecule has 0 saturated heterocycles. The van der Waals surface area contributed by atoms with Crippen LogP contribution in [0.2, 0.25) is 0 Å². The van der Waals surface area contributed by atoms with Crippen LogP contribution in [0.4, 0.5) is 0 Å². The molecule has 0 amide bonds. The first kappa shape index (κ1) is 28.1. The Morgan fingerprint density at radius 1 is 0.306 bits per heavy atom. The quantitative estimate of drug-likeness (QED) is 0.172. The smallest absolute Gasteiger partial charge is 0.0159 e. The second-order valence-electron chi connectivity index (χ2n) is 14.1. The molecule has 0 N–H and O–H groups in total. The van der Waals surface area contributed by atoms with Crippen LogP contribution in [-0.2, 0) is 5.41 Å². The molecule has 0 bridgehead atoms. The molecular formula is C49H34. The Kier molecular flexibility index (Phi) is 6.02. The summed E-state index contributed by atoms with van der Waals surface area (Å²) in [7, 11) is 0. The van der Waals surface area contributed by atoms with Gasteiger partial charge in [0.1, 0.15) is 0 Å². The Labute approximate surface area is 286 Å². The van der Waals surface area contributed by atoms with Gasteiger partial charge in [-0.05, 0) is 123 Å². The molecule has 0 atom stereocenters. The SMILES string of the molecule is CC1(C)c2ccccc2-c2cc3ccc(-c4cccc(-c5c6ccccc6c(-c6cccc7ccccc67)c6ccccc56)c4)cc3cc21. The van der Waals surface area contributed by atoms with E-state index in [2.05, 4.69) is 184 Å². The average Bonchev–Trinajstić information content (AvgIpc) is 3.37. The molecule has 9 aromatic carbocycles. The van der Waals surface area contributed by atoms with E-state index in [4.69, 9.17) is 0 Å². The van der Waals surface area contributed by atoms with E-state index in [0.717, 1.165) is 0 Å². The molecule has 10 rings (SSSR count). The van der Waals surface area contributed by atoms with E-state index in [1.807, 2.05) is 0 Å². The van der Waals surface area contributed by atoms with Gasteiger partial charge in [0.2, 0.25) is 0 Å². The standard InChI is InChI=1S/C49H34/c1-49(2)45-24-10-9-18-38(45)44-29-34-26-25-33(28-36(34)30-46(44)49)32-15-11-16-35(27-32)47-40-19-5-7-21-42(40)48(43-22-8-6-20-41(43)47)39-23-12-14-31-13-3-4-17-37(31)39/h3-30H,1-2H3. The fraction of sp³-hybridized carbons (Fsp3) is 0.0612. The van der Waals surface area contributed by atoms with Gasteiger partial charge < -0.3 is 0 Å². The lowest BCUT2D eigenvalue weighted by Crippen LogP contribution is -2.14. The highest BCUT2D eigenvalue weighted by molar-refractivity contribution is 6.23. The van der Waals surface area contributed by atoms with Crippen molar-refractivity contribution in [3.63, 3.8) is 0 Å². The van der Waals surface area contributed by atoms with Gasteiger partial charge >= 0.3 is 0 Å². The van der Waals surface area contributed by atoms with E-state index < -0.39 is 0 Å². The summed E-state index contributed by atoms with van der Waals surface area (Å²) < 4.78 is 0. The summed E-state index contributed by atoms with van der Waals surface area (Å²) >= 11 is 0. The molecule has 0 fully saturated rings. The van der Waals surface area contributed by atoms with Crippen LogP contribution < -0.4 is 0 Å². The minimum atomic E-state index is -0.0175. The summed E-state index contributed by atoms with van der Waals surface area (Å²) in [5, 5.41) is 10.2. The van der Waals surface area contributed by atoms with Gasteiger partial charge in [-0.15, -0.1) is 0 Å². The summed E-state index contributed by atoms with van der Waals surface area (Å²) in [6.45, 7) is 4.72. The lowest BCUT2D eigenvalue weighted by molar-refractivity contribution is 0.661. The predicted molar refractivity (Wildman–Crippen MR) is 210 cm³/mol. The first-order valence-electron chi connectivity index (χ1n) is 17.3. The Balaban J connectivity index is 1.16. The molecular weight excluding hydrogens is 589 g/mol. The third-order valence-electron chi connectivity index (χ3n) is 11.0. The monoisotopic (exact) mass is 622 g/mol. The maximum absolute atomic E-state index is 2.44. The molecule has 0 heteroatoms. The fourth-order valence-corrected chi connectivity index (χ4v) is 8.65. The Bertz CT molecular complexity index is 2730. The van der Waals surface area contributed by atoms with Gasteiger partial charge in [-0.25, -0.2) is 0 Å². The first-order chi connectivity index (χ1) is 24.1. The van der Waals surface area contributed by atoms with E-state index in [0.29, 0.717) is 0 Å². The molecule has 49 heavy (non-hydrogen) atoms. The summed E-state index contributed by atoms with van der Waals surface area (Å²) in [6, 6.07) is 63.2. The molecule has 0 nitrogen and oxygen atoms in total. The molecule has 0 saturated carbocycles. The Morgan fingerprint density at radius 3 is 1.65 bits per heavy atom. The highest BCUT2D eigenvalue weighted by Gasteiger charge is 2.35. The highest BCUT2D eigenvalue weighted by atomic mass is 14.4. The van der Waals surface area contributed by atoms with Crippen molar-refractivity contribution >= 4 is 43.1 Å². The van der Waals surface area contributed by atoms with Crippen LogP contribution in [0.3, 0.4) is 0 Å². The van der Waals surface area contributed by atoms with E-state index in [1.165, 1.54) is 98.7 Å². The normalized spacial score (nSPS) is 13.3. The zero-order valence-corrected chi connectivity index (χ0v) is 27.7. The lowest BCUT2D eigenvalue weighted by Gasteiger charge is -2.21. The van der Waals surface area contributed by atoms with Crippen molar-refractivity contribution in [1.82, 2.24) is 0 Å². The largest absolute Gasteiger partial charge is 0.0619 e. The second kappa shape index (κ2) is 10.5. The first-order valence-corrected chi connectivity index (χ1v) is 17.3. The van der Waals surface area contributed by atoms with Crippen molar-refractivity contribution in [2.45, 2.75) is 19.3 Å². The minimum absolute atomic E-state index is 0.0175. The minimum Gasteiger partial charge on any atom is -0.0619 e. The summed E-state index contributed by atoms with van der Waals surface area (Å²) in [5.41, 5.74) is 13.1. The van der Waals surface area contributed by atoms with Crippen LogP contribution in [0.25, 0.3) is 87.6 Å². The number of benzene rings is 9. The molecule has 1 aliphatic carbocycles. The van der Waals surface area contributed by atoms with E-state index in [-0.39, 0.29) is 5.41 Å². The molecule has 1 aliphatic rings. The number of hydrogen-bond donors (Lipinski definition) is 0. The third kappa shape index (κ3) is 4.17. The molecule has 0 spiro atoms. The van der Waals surface area contributed by atoms with Gasteiger partial charge in [-0.3, -0.25) is 0 Å². The van der Waals surface area contributed by atoms with Crippen molar-refractivity contribution < 1.29 is 0 Å². The topological polar surface area (TPSA) is 0 Å². The van der Waals surface area contributed by atoms with Crippen LogP contribution in [0.1, 0.15) is 25.0 Å². The molecule has 230 valence electrons. The summed E-state index contributed by atoms with van der Waals surface area (Å²) in [5.74, 6) is 0. The summed E-state index contributed by atoms with van der Waals surface area (Å²) in [4.78, 5) is 0. The van der Waals surface area contributed by atoms with Crippen LogP contribution >= 0.6 is 0 Å². The van der Waals surface area contributed by atoms with Gasteiger partial charge in [0.05, 0.1) is 0 Å². The van der Waals surface area contributed by atoms with Gasteiger partial charge in [0.15, 0.2) is 0 Å². The highest BCUT2D eigenvalue weighted by Crippen LogP contribution is 2.50. The third-order valence-corrected chi connectivity index (χ3v) is 11.0. The van der Waals surface area contributed by atoms with Gasteiger partial charge in [-0.1, -0.05) is 159 Å². The van der Waals surface area contributed by atoms with Gasteiger partial charge in [0.25, 0.3) is 0 Å². The predicted octanol–water partition coefficient (Wildman–Crippen LogP) is 13.6. The zero-order chi connectivity index (χ0) is 32.7. The number of rotatable bonds is 3. The Morgan fingerprint density at radius 2 is 0.878 bits per heavy atom. The molecule has 9 aromatic rings. The summed E-state index contributed by atoms with van der Waals surface area (Å²) in [6.07, 6.45) is 0. The van der Waals surface area contributed by atoms with E-state index >= 15 is 0 Å². The van der Waals surface area contributed by atoms with Crippen molar-refractivity contribution in [1.29, 1.82) is 0 Å². The van der Waals surface area contributed by atoms with Crippen LogP contribution in [-0.4, -0.2) is 0 Å². The maximum atomic E-state index is 2.44. The molecule has 0 unspecified atom stereocenters. The molecule has 0 aromatic heterocycles. The van der Waals surface area contributed by atoms with Gasteiger partial charge in [0, 0.05) is 5.41 Å². The van der Waals surface area contributed by atoms with Crippen LogP contribution in [0.15, 0.2) is 170 Å². The molecule has 0 heterocycles.